The molecule has 0 saturated heterocycles. The monoisotopic (exact) mass is 291 g/mol. The van der Waals surface area contributed by atoms with E-state index in [1.54, 1.807) is 6.20 Å². The minimum atomic E-state index is 0.661. The van der Waals surface area contributed by atoms with Crippen LogP contribution in [-0.4, -0.2) is 14.8 Å². The molecule has 0 fully saturated rings. The van der Waals surface area contributed by atoms with Crippen molar-refractivity contribution in [1.82, 2.24) is 14.8 Å². The zero-order valence-corrected chi connectivity index (χ0v) is 12.9. The fourth-order valence-corrected chi connectivity index (χ4v) is 2.69. The Morgan fingerprint density at radius 3 is 2.73 bits per heavy atom. The number of rotatable bonds is 3. The first-order valence-corrected chi connectivity index (χ1v) is 7.12. The lowest BCUT2D eigenvalue weighted by Gasteiger charge is -2.10. The zero-order chi connectivity index (χ0) is 15.7. The number of aromatic nitrogens is 3. The number of anilines is 1. The number of nitrogens with zero attached hydrogens (tertiary/aromatic N) is 4. The summed E-state index contributed by atoms with van der Waals surface area (Å²) in [6, 6.07) is 9.78. The van der Waals surface area contributed by atoms with Crippen molar-refractivity contribution in [1.29, 1.82) is 5.26 Å². The zero-order valence-electron chi connectivity index (χ0n) is 12.9. The van der Waals surface area contributed by atoms with Crippen LogP contribution < -0.4 is 5.32 Å². The molecule has 1 N–H and O–H groups in total. The quantitative estimate of drug-likeness (QED) is 0.805. The molecule has 0 radical (unpaired) electrons. The number of nitriles is 1. The highest BCUT2D eigenvalue weighted by Crippen LogP contribution is 2.24. The van der Waals surface area contributed by atoms with E-state index < -0.39 is 0 Å². The second-order valence-corrected chi connectivity index (χ2v) is 5.30. The smallest absolute Gasteiger partial charge is 0.134 e. The molecule has 0 spiro atoms. The number of hydrogen-bond acceptors (Lipinski definition) is 4. The Morgan fingerprint density at radius 2 is 2.05 bits per heavy atom. The van der Waals surface area contributed by atoms with E-state index in [0.29, 0.717) is 12.1 Å². The molecule has 0 bridgehead atoms. The minimum Gasteiger partial charge on any atom is -0.365 e. The maximum atomic E-state index is 9.21. The van der Waals surface area contributed by atoms with Gasteiger partial charge >= 0.3 is 0 Å². The normalized spacial score (nSPS) is 10.6. The molecule has 5 heteroatoms. The number of hydrogen-bond donors (Lipinski definition) is 1. The second kappa shape index (κ2) is 5.49. The van der Waals surface area contributed by atoms with Crippen molar-refractivity contribution in [3.63, 3.8) is 0 Å². The molecule has 0 amide bonds. The van der Waals surface area contributed by atoms with Crippen molar-refractivity contribution in [2.24, 2.45) is 7.05 Å². The molecule has 0 unspecified atom stereocenters. The summed E-state index contributed by atoms with van der Waals surface area (Å²) in [6.07, 6.45) is 1.73. The van der Waals surface area contributed by atoms with Crippen LogP contribution in [0.25, 0.3) is 10.8 Å². The van der Waals surface area contributed by atoms with Gasteiger partial charge in [0.25, 0.3) is 0 Å². The fraction of sp³-hybridized carbons (Fsp3) is 0.235. The Bertz CT molecular complexity index is 886. The van der Waals surface area contributed by atoms with Crippen molar-refractivity contribution in [2.45, 2.75) is 20.4 Å². The highest BCUT2D eigenvalue weighted by Gasteiger charge is 2.10. The van der Waals surface area contributed by atoms with Crippen molar-refractivity contribution in [3.05, 3.63) is 53.0 Å². The fourth-order valence-electron chi connectivity index (χ4n) is 2.69. The highest BCUT2D eigenvalue weighted by atomic mass is 15.3. The molecule has 2 aromatic heterocycles. The van der Waals surface area contributed by atoms with Crippen LogP contribution in [0.3, 0.4) is 0 Å². The van der Waals surface area contributed by atoms with Gasteiger partial charge < -0.3 is 5.32 Å². The Labute approximate surface area is 129 Å². The van der Waals surface area contributed by atoms with Crippen molar-refractivity contribution >= 4 is 16.6 Å². The largest absolute Gasteiger partial charge is 0.365 e. The van der Waals surface area contributed by atoms with E-state index in [4.69, 9.17) is 0 Å². The Balaban J connectivity index is 1.97. The van der Waals surface area contributed by atoms with Gasteiger partial charge in [0.1, 0.15) is 5.82 Å². The topological polar surface area (TPSA) is 66.5 Å². The summed E-state index contributed by atoms with van der Waals surface area (Å²) >= 11 is 0. The van der Waals surface area contributed by atoms with E-state index >= 15 is 0 Å². The summed E-state index contributed by atoms with van der Waals surface area (Å²) in [5.74, 6) is 0.789. The summed E-state index contributed by atoms with van der Waals surface area (Å²) in [5, 5.41) is 18.9. The summed E-state index contributed by atoms with van der Waals surface area (Å²) in [7, 11) is 1.95. The predicted octanol–water partition coefficient (Wildman–Crippen LogP) is 3.07. The molecule has 110 valence electrons. The van der Waals surface area contributed by atoms with E-state index in [-0.39, 0.29) is 0 Å². The van der Waals surface area contributed by atoms with E-state index in [2.05, 4.69) is 28.4 Å². The van der Waals surface area contributed by atoms with Crippen LogP contribution in [0.5, 0.6) is 0 Å². The molecule has 0 atom stereocenters. The van der Waals surface area contributed by atoms with E-state index in [9.17, 15) is 5.26 Å². The van der Waals surface area contributed by atoms with Crippen LogP contribution in [0.15, 0.2) is 30.5 Å². The number of pyridine rings is 1. The standard InChI is InChI=1S/C17H17N5/c1-11-16(12(2)22(3)21-11)10-20-17-15-6-4-5-13(9-18)14(15)7-8-19-17/h4-8H,10H2,1-3H3,(H,19,20). The third kappa shape index (κ3) is 2.29. The third-order valence-corrected chi connectivity index (χ3v) is 4.02. The summed E-state index contributed by atoms with van der Waals surface area (Å²) in [4.78, 5) is 4.42. The molecule has 0 saturated carbocycles. The molecule has 0 aliphatic rings. The number of aryl methyl sites for hydroxylation is 2. The average molecular weight is 291 g/mol. The molecule has 3 aromatic rings. The SMILES string of the molecule is Cc1nn(C)c(C)c1CNc1nccc2c(C#N)cccc12. The van der Waals surface area contributed by atoms with Gasteiger partial charge in [0.05, 0.1) is 17.3 Å². The lowest BCUT2D eigenvalue weighted by Crippen LogP contribution is -2.04. The Morgan fingerprint density at radius 1 is 1.23 bits per heavy atom. The molecule has 0 aliphatic heterocycles. The molecule has 5 nitrogen and oxygen atoms in total. The van der Waals surface area contributed by atoms with Crippen molar-refractivity contribution < 1.29 is 0 Å². The van der Waals surface area contributed by atoms with Gasteiger partial charge in [-0.3, -0.25) is 4.68 Å². The highest BCUT2D eigenvalue weighted by molar-refractivity contribution is 5.95. The first-order valence-electron chi connectivity index (χ1n) is 7.12. The first-order chi connectivity index (χ1) is 10.6. The van der Waals surface area contributed by atoms with Gasteiger partial charge in [0, 0.05) is 41.8 Å². The Kier molecular flexibility index (Phi) is 3.51. The van der Waals surface area contributed by atoms with Gasteiger partial charge in [-0.2, -0.15) is 10.4 Å². The lowest BCUT2D eigenvalue weighted by atomic mass is 10.1. The summed E-state index contributed by atoms with van der Waals surface area (Å²) in [6.45, 7) is 4.73. The first kappa shape index (κ1) is 14.1. The number of nitrogens with one attached hydrogen (secondary N) is 1. The summed E-state index contributed by atoms with van der Waals surface area (Å²) in [5.41, 5.74) is 4.00. The average Bonchev–Trinajstić information content (AvgIpc) is 2.77. The molecular weight excluding hydrogens is 274 g/mol. The second-order valence-electron chi connectivity index (χ2n) is 5.30. The van der Waals surface area contributed by atoms with Gasteiger partial charge in [-0.1, -0.05) is 12.1 Å². The molecule has 3 rings (SSSR count). The maximum Gasteiger partial charge on any atom is 0.134 e. The summed E-state index contributed by atoms with van der Waals surface area (Å²) < 4.78 is 1.89. The van der Waals surface area contributed by atoms with Crippen LogP contribution in [0.2, 0.25) is 0 Å². The van der Waals surface area contributed by atoms with Gasteiger partial charge in [-0.15, -0.1) is 0 Å². The van der Waals surface area contributed by atoms with Gasteiger partial charge in [-0.25, -0.2) is 4.98 Å². The van der Waals surface area contributed by atoms with Crippen LogP contribution in [0, 0.1) is 25.2 Å². The number of benzene rings is 1. The van der Waals surface area contributed by atoms with E-state index in [1.807, 2.05) is 42.9 Å². The van der Waals surface area contributed by atoms with Crippen LogP contribution in [0.4, 0.5) is 5.82 Å². The van der Waals surface area contributed by atoms with Crippen molar-refractivity contribution in [2.75, 3.05) is 5.32 Å². The van der Waals surface area contributed by atoms with Gasteiger partial charge in [-0.05, 0) is 26.0 Å². The third-order valence-electron chi connectivity index (χ3n) is 4.02. The maximum absolute atomic E-state index is 9.21. The number of fused-ring (bicyclic) bond motifs is 1. The van der Waals surface area contributed by atoms with Crippen LogP contribution in [-0.2, 0) is 13.6 Å². The van der Waals surface area contributed by atoms with Crippen molar-refractivity contribution in [3.8, 4) is 6.07 Å². The Hall–Kier alpha value is -2.87. The van der Waals surface area contributed by atoms with Gasteiger partial charge in [0.15, 0.2) is 0 Å². The van der Waals surface area contributed by atoms with E-state index in [0.717, 1.165) is 28.0 Å². The predicted molar refractivity (Wildman–Crippen MR) is 86.5 cm³/mol. The molecule has 1 aromatic carbocycles. The van der Waals surface area contributed by atoms with Crippen LogP contribution in [0.1, 0.15) is 22.5 Å². The molecule has 2 heterocycles. The van der Waals surface area contributed by atoms with Gasteiger partial charge in [0.2, 0.25) is 0 Å². The minimum absolute atomic E-state index is 0.661. The molecular formula is C17H17N5. The molecule has 22 heavy (non-hydrogen) atoms. The van der Waals surface area contributed by atoms with E-state index in [1.165, 1.54) is 5.56 Å². The lowest BCUT2D eigenvalue weighted by molar-refractivity contribution is 0.730. The van der Waals surface area contributed by atoms with Crippen LogP contribution >= 0.6 is 0 Å². The molecule has 0 aliphatic carbocycles.